The molecule has 5 nitrogen and oxygen atoms in total. The maximum atomic E-state index is 12.9. The van der Waals surface area contributed by atoms with Crippen LogP contribution in [0.2, 0.25) is 0 Å². The van der Waals surface area contributed by atoms with E-state index >= 15 is 0 Å². The number of carbonyl (C=O) groups is 1. The molecule has 2 heterocycles. The molecule has 0 saturated carbocycles. The van der Waals surface area contributed by atoms with E-state index in [1.165, 1.54) is 18.4 Å². The molecule has 2 aliphatic heterocycles. The van der Waals surface area contributed by atoms with Crippen molar-refractivity contribution in [2.24, 2.45) is 0 Å². The fourth-order valence-electron chi connectivity index (χ4n) is 5.86. The maximum absolute atomic E-state index is 12.9. The fraction of sp³-hybridized carbons (Fsp3) is 0.552. The number of aliphatic hydroxyl groups excluding tert-OH is 1. The number of fused-ring (bicyclic) bond motifs is 2. The van der Waals surface area contributed by atoms with E-state index in [2.05, 4.69) is 38.2 Å². The van der Waals surface area contributed by atoms with Crippen LogP contribution in [0.5, 0.6) is 5.75 Å². The van der Waals surface area contributed by atoms with Gasteiger partial charge in [0, 0.05) is 32.1 Å². The number of aliphatic hydroxyl groups is 1. The minimum absolute atomic E-state index is 0.0477. The molecule has 184 valence electrons. The van der Waals surface area contributed by atoms with Gasteiger partial charge in [-0.15, -0.1) is 0 Å². The summed E-state index contributed by atoms with van der Waals surface area (Å²) >= 11 is 0. The summed E-state index contributed by atoms with van der Waals surface area (Å²) in [6.07, 6.45) is 7.45. The molecule has 0 spiro atoms. The number of likely N-dealkylation sites (N-methyl/N-ethyl adjacent to an activating group) is 1. The SMILES string of the molecule is CCCCOc1ccc(CC[N+]2(C)[C@@H]3CC[C@@H]2CC(OC(=O)[C@H](CO)c2ccccc2)C3)cc1. The molecule has 3 atom stereocenters. The summed E-state index contributed by atoms with van der Waals surface area (Å²) < 4.78 is 12.8. The van der Waals surface area contributed by atoms with Crippen LogP contribution < -0.4 is 4.74 Å². The Balaban J connectivity index is 1.31. The number of carbonyl (C=O) groups excluding carboxylic acids is 1. The van der Waals surface area contributed by atoms with Gasteiger partial charge in [-0.1, -0.05) is 55.8 Å². The molecule has 34 heavy (non-hydrogen) atoms. The molecule has 2 bridgehead atoms. The highest BCUT2D eigenvalue weighted by Crippen LogP contribution is 2.42. The highest BCUT2D eigenvalue weighted by Gasteiger charge is 2.52. The minimum atomic E-state index is -0.601. The van der Waals surface area contributed by atoms with E-state index in [9.17, 15) is 9.90 Å². The molecule has 2 aliphatic rings. The first-order chi connectivity index (χ1) is 16.5. The van der Waals surface area contributed by atoms with E-state index in [0.717, 1.165) is 61.1 Å². The largest absolute Gasteiger partial charge is 0.494 e. The van der Waals surface area contributed by atoms with E-state index in [0.29, 0.717) is 12.1 Å². The van der Waals surface area contributed by atoms with Crippen LogP contribution in [0.4, 0.5) is 0 Å². The first kappa shape index (κ1) is 24.7. The number of rotatable bonds is 11. The quantitative estimate of drug-likeness (QED) is 0.292. The summed E-state index contributed by atoms with van der Waals surface area (Å²) in [5.74, 6) is 0.0583. The van der Waals surface area contributed by atoms with Gasteiger partial charge < -0.3 is 19.1 Å². The number of ether oxygens (including phenoxy) is 2. The first-order valence-corrected chi connectivity index (χ1v) is 13.0. The van der Waals surface area contributed by atoms with Crippen molar-refractivity contribution in [1.82, 2.24) is 0 Å². The second kappa shape index (κ2) is 11.4. The summed E-state index contributed by atoms with van der Waals surface area (Å²) in [5, 5.41) is 9.82. The lowest BCUT2D eigenvalue weighted by Crippen LogP contribution is -2.59. The average molecular weight is 467 g/mol. The Morgan fingerprint density at radius 3 is 2.35 bits per heavy atom. The predicted molar refractivity (Wildman–Crippen MR) is 134 cm³/mol. The molecule has 2 saturated heterocycles. The van der Waals surface area contributed by atoms with Crippen LogP contribution >= 0.6 is 0 Å². The summed E-state index contributed by atoms with van der Waals surface area (Å²) in [7, 11) is 2.39. The van der Waals surface area contributed by atoms with Crippen molar-refractivity contribution in [1.29, 1.82) is 0 Å². The lowest BCUT2D eigenvalue weighted by atomic mass is 9.95. The van der Waals surface area contributed by atoms with Crippen LogP contribution in [0.3, 0.4) is 0 Å². The van der Waals surface area contributed by atoms with Gasteiger partial charge in [0.15, 0.2) is 0 Å². The van der Waals surface area contributed by atoms with Crippen molar-refractivity contribution in [3.63, 3.8) is 0 Å². The zero-order valence-electron chi connectivity index (χ0n) is 20.7. The van der Waals surface area contributed by atoms with Crippen LogP contribution in [0, 0.1) is 0 Å². The molecule has 1 N–H and O–H groups in total. The van der Waals surface area contributed by atoms with Gasteiger partial charge in [0.25, 0.3) is 0 Å². The van der Waals surface area contributed by atoms with Crippen molar-refractivity contribution in [2.75, 3.05) is 26.8 Å². The van der Waals surface area contributed by atoms with Crippen LogP contribution in [-0.2, 0) is 16.0 Å². The molecular weight excluding hydrogens is 426 g/mol. The molecule has 0 aliphatic carbocycles. The van der Waals surface area contributed by atoms with E-state index in [-0.39, 0.29) is 18.7 Å². The maximum Gasteiger partial charge on any atom is 0.316 e. The van der Waals surface area contributed by atoms with Gasteiger partial charge in [-0.25, -0.2) is 0 Å². The Kier molecular flexibility index (Phi) is 8.28. The van der Waals surface area contributed by atoms with Gasteiger partial charge in [0.1, 0.15) is 17.8 Å². The fourth-order valence-corrected chi connectivity index (χ4v) is 5.86. The highest BCUT2D eigenvalue weighted by molar-refractivity contribution is 5.78. The highest BCUT2D eigenvalue weighted by atomic mass is 16.5. The van der Waals surface area contributed by atoms with Gasteiger partial charge in [-0.2, -0.15) is 0 Å². The minimum Gasteiger partial charge on any atom is -0.494 e. The van der Waals surface area contributed by atoms with Crippen molar-refractivity contribution in [2.45, 2.75) is 76.0 Å². The summed E-state index contributed by atoms with van der Waals surface area (Å²) in [6.45, 7) is 3.84. The van der Waals surface area contributed by atoms with Crippen LogP contribution in [0.25, 0.3) is 0 Å². The zero-order valence-corrected chi connectivity index (χ0v) is 20.7. The molecule has 2 fully saturated rings. The third-order valence-corrected chi connectivity index (χ3v) is 8.10. The van der Waals surface area contributed by atoms with Gasteiger partial charge in [-0.3, -0.25) is 4.79 Å². The Hall–Kier alpha value is -2.37. The number of hydrogen-bond acceptors (Lipinski definition) is 4. The Labute approximate surface area is 204 Å². The van der Waals surface area contributed by atoms with Gasteiger partial charge in [-0.05, 0) is 29.7 Å². The molecule has 4 rings (SSSR count). The number of unbranched alkanes of at least 4 members (excludes halogenated alkanes) is 1. The topological polar surface area (TPSA) is 55.8 Å². The molecular formula is C29H40NO4+. The number of quaternary nitrogens is 1. The molecule has 5 heteroatoms. The van der Waals surface area contributed by atoms with Gasteiger partial charge in [0.2, 0.25) is 0 Å². The number of benzene rings is 2. The van der Waals surface area contributed by atoms with Crippen LogP contribution in [-0.4, -0.2) is 60.6 Å². The lowest BCUT2D eigenvalue weighted by Gasteiger charge is -2.47. The first-order valence-electron chi connectivity index (χ1n) is 13.0. The van der Waals surface area contributed by atoms with Crippen LogP contribution in [0.15, 0.2) is 54.6 Å². The summed E-state index contributed by atoms with van der Waals surface area (Å²) in [6, 6.07) is 19.1. The van der Waals surface area contributed by atoms with Crippen molar-refractivity contribution in [3.05, 3.63) is 65.7 Å². The van der Waals surface area contributed by atoms with Crippen LogP contribution in [0.1, 0.15) is 62.5 Å². The normalized spacial score (nSPS) is 26.7. The average Bonchev–Trinajstić information content (AvgIpc) is 3.00. The predicted octanol–water partition coefficient (Wildman–Crippen LogP) is 4.87. The number of piperidine rings is 1. The monoisotopic (exact) mass is 466 g/mol. The molecule has 2 aromatic carbocycles. The third kappa shape index (κ3) is 5.64. The Morgan fingerprint density at radius 2 is 1.74 bits per heavy atom. The number of nitrogens with zero attached hydrogens (tertiary/aromatic N) is 1. The Bertz CT molecular complexity index is 899. The third-order valence-electron chi connectivity index (χ3n) is 8.10. The van der Waals surface area contributed by atoms with Crippen molar-refractivity contribution < 1.29 is 23.9 Å². The molecule has 0 unspecified atom stereocenters. The van der Waals surface area contributed by atoms with E-state index in [1.807, 2.05) is 30.3 Å². The van der Waals surface area contributed by atoms with Gasteiger partial charge >= 0.3 is 5.97 Å². The second-order valence-electron chi connectivity index (χ2n) is 10.2. The van der Waals surface area contributed by atoms with Gasteiger partial charge in [0.05, 0.1) is 38.9 Å². The van der Waals surface area contributed by atoms with Crippen molar-refractivity contribution in [3.8, 4) is 5.75 Å². The Morgan fingerprint density at radius 1 is 1.06 bits per heavy atom. The molecule has 0 amide bonds. The smallest absolute Gasteiger partial charge is 0.316 e. The summed E-state index contributed by atoms with van der Waals surface area (Å²) in [4.78, 5) is 12.9. The molecule has 2 aromatic rings. The van der Waals surface area contributed by atoms with E-state index in [1.54, 1.807) is 0 Å². The molecule has 0 radical (unpaired) electrons. The lowest BCUT2D eigenvalue weighted by molar-refractivity contribution is -0.949. The van der Waals surface area contributed by atoms with Crippen molar-refractivity contribution >= 4 is 5.97 Å². The zero-order chi connectivity index (χ0) is 24.0. The van der Waals surface area contributed by atoms with E-state index < -0.39 is 5.92 Å². The standard InChI is InChI=1S/C29H40NO4/c1-3-4-18-33-26-14-10-22(11-15-26)16-17-30(2)24-12-13-25(30)20-27(19-24)34-29(32)28(21-31)23-8-6-5-7-9-23/h5-11,14-15,24-25,27-28,31H,3-4,12-13,16-21H2,1-2H3/q+1/t24-,25-,27?,28-,30?/m1/s1. The number of esters is 1. The number of hydrogen-bond donors (Lipinski definition) is 1. The summed E-state index contributed by atoms with van der Waals surface area (Å²) in [5.41, 5.74) is 2.17. The van der Waals surface area contributed by atoms with E-state index in [4.69, 9.17) is 9.47 Å². The molecule has 0 aromatic heterocycles. The second-order valence-corrected chi connectivity index (χ2v) is 10.2.